The number of hydrogen-bond acceptors (Lipinski definition) is 4. The lowest BCUT2D eigenvalue weighted by atomic mass is 10.2. The van der Waals surface area contributed by atoms with Crippen LogP contribution in [-0.4, -0.2) is 16.1 Å². The number of rotatable bonds is 4. The van der Waals surface area contributed by atoms with Crippen molar-refractivity contribution < 1.29 is 14.3 Å². The van der Waals surface area contributed by atoms with Gasteiger partial charge in [-0.25, -0.2) is 0 Å². The number of aryl methyl sites for hydroxylation is 1. The number of benzene rings is 2. The molecule has 1 heterocycles. The Labute approximate surface area is 172 Å². The molecule has 1 aromatic heterocycles. The molecule has 3 N–H and O–H groups in total. The van der Waals surface area contributed by atoms with Gasteiger partial charge in [-0.05, 0) is 79.3 Å². The molecule has 0 atom stereocenters. The van der Waals surface area contributed by atoms with Gasteiger partial charge in [-0.3, -0.25) is 10.1 Å². The Morgan fingerprint density at radius 2 is 1.89 bits per heavy atom. The summed E-state index contributed by atoms with van der Waals surface area (Å²) >= 11 is 11.0. The number of phenols is 1. The van der Waals surface area contributed by atoms with Crippen molar-refractivity contribution in [2.24, 2.45) is 0 Å². The summed E-state index contributed by atoms with van der Waals surface area (Å²) in [5, 5.41) is 15.9. The highest BCUT2D eigenvalue weighted by Crippen LogP contribution is 2.25. The molecule has 0 saturated carbocycles. The second-order valence-corrected chi connectivity index (χ2v) is 6.85. The van der Waals surface area contributed by atoms with E-state index in [0.717, 1.165) is 11.1 Å². The number of anilines is 1. The summed E-state index contributed by atoms with van der Waals surface area (Å²) in [6.07, 6.45) is 2.86. The molecule has 0 fully saturated rings. The molecule has 0 aliphatic carbocycles. The minimum atomic E-state index is -0.423. The third kappa shape index (κ3) is 5.22. The van der Waals surface area contributed by atoms with Gasteiger partial charge >= 0.3 is 0 Å². The highest BCUT2D eigenvalue weighted by Gasteiger charge is 2.07. The predicted molar refractivity (Wildman–Crippen MR) is 115 cm³/mol. The summed E-state index contributed by atoms with van der Waals surface area (Å²) in [6.45, 7) is 1.86. The van der Waals surface area contributed by atoms with E-state index in [1.807, 2.05) is 31.2 Å². The molecule has 0 radical (unpaired) electrons. The third-order valence-corrected chi connectivity index (χ3v) is 4.25. The van der Waals surface area contributed by atoms with Crippen molar-refractivity contribution in [3.05, 3.63) is 77.0 Å². The van der Waals surface area contributed by atoms with Gasteiger partial charge in [0.05, 0.1) is 5.69 Å². The number of thiocarbonyl (C=S) groups is 1. The van der Waals surface area contributed by atoms with Crippen molar-refractivity contribution in [3.8, 4) is 17.1 Å². The van der Waals surface area contributed by atoms with Crippen molar-refractivity contribution in [1.82, 2.24) is 5.32 Å². The molecular formula is C21H17ClN2O3S. The summed E-state index contributed by atoms with van der Waals surface area (Å²) < 4.78 is 5.70. The van der Waals surface area contributed by atoms with E-state index >= 15 is 0 Å². The fourth-order valence-corrected chi connectivity index (χ4v) is 2.76. The van der Waals surface area contributed by atoms with Crippen LogP contribution in [0.2, 0.25) is 5.02 Å². The molecule has 3 rings (SSSR count). The molecule has 0 bridgehead atoms. The molecule has 2 aromatic carbocycles. The van der Waals surface area contributed by atoms with E-state index in [-0.39, 0.29) is 10.9 Å². The van der Waals surface area contributed by atoms with Crippen LogP contribution in [0.5, 0.6) is 5.75 Å². The lowest BCUT2D eigenvalue weighted by molar-refractivity contribution is -0.115. The summed E-state index contributed by atoms with van der Waals surface area (Å²) in [5.41, 5.74) is 2.22. The van der Waals surface area contributed by atoms with E-state index in [0.29, 0.717) is 22.2 Å². The lowest BCUT2D eigenvalue weighted by Gasteiger charge is -2.10. The van der Waals surface area contributed by atoms with E-state index in [1.54, 1.807) is 36.4 Å². The zero-order valence-electron chi connectivity index (χ0n) is 14.9. The number of furan rings is 1. The Morgan fingerprint density at radius 1 is 1.14 bits per heavy atom. The Balaban J connectivity index is 1.57. The van der Waals surface area contributed by atoms with Crippen molar-refractivity contribution >= 4 is 46.6 Å². The quantitative estimate of drug-likeness (QED) is 0.314. The van der Waals surface area contributed by atoms with Gasteiger partial charge in [0.15, 0.2) is 5.11 Å². The first kappa shape index (κ1) is 19.7. The molecule has 0 saturated heterocycles. The van der Waals surface area contributed by atoms with Crippen LogP contribution < -0.4 is 10.6 Å². The lowest BCUT2D eigenvalue weighted by Crippen LogP contribution is -2.32. The number of phenolic OH excluding ortho intramolecular Hbond substituents is 1. The largest absolute Gasteiger partial charge is 0.506 e. The van der Waals surface area contributed by atoms with E-state index in [2.05, 4.69) is 10.6 Å². The predicted octanol–water partition coefficient (Wildman–Crippen LogP) is 5.14. The molecule has 28 heavy (non-hydrogen) atoms. The van der Waals surface area contributed by atoms with E-state index < -0.39 is 5.91 Å². The maximum atomic E-state index is 12.0. The van der Waals surface area contributed by atoms with Crippen molar-refractivity contribution in [1.29, 1.82) is 0 Å². The van der Waals surface area contributed by atoms with Crippen LogP contribution in [0.3, 0.4) is 0 Å². The van der Waals surface area contributed by atoms with Crippen LogP contribution in [0.1, 0.15) is 11.3 Å². The van der Waals surface area contributed by atoms with Crippen LogP contribution in [0.25, 0.3) is 17.4 Å². The second kappa shape index (κ2) is 8.73. The topological polar surface area (TPSA) is 74.5 Å². The number of halogens is 1. The number of nitrogens with one attached hydrogen (secondary N) is 2. The fraction of sp³-hybridized carbons (Fsp3) is 0.0476. The SMILES string of the molecule is Cc1ccc(NC(=S)NC(=O)C=Cc2ccc(-c3ccc(Cl)cc3)o2)c(O)c1. The third-order valence-electron chi connectivity index (χ3n) is 3.79. The van der Waals surface area contributed by atoms with E-state index in [4.69, 9.17) is 28.2 Å². The smallest absolute Gasteiger partial charge is 0.250 e. The van der Waals surface area contributed by atoms with Gasteiger partial charge in [0.25, 0.3) is 0 Å². The molecule has 1 amide bonds. The normalized spacial score (nSPS) is 10.8. The first-order chi connectivity index (χ1) is 13.4. The molecule has 5 nitrogen and oxygen atoms in total. The maximum absolute atomic E-state index is 12.0. The summed E-state index contributed by atoms with van der Waals surface area (Å²) in [6, 6.07) is 15.9. The van der Waals surface area contributed by atoms with Crippen molar-refractivity contribution in [2.45, 2.75) is 6.92 Å². The van der Waals surface area contributed by atoms with Crippen LogP contribution >= 0.6 is 23.8 Å². The first-order valence-corrected chi connectivity index (χ1v) is 9.15. The second-order valence-electron chi connectivity index (χ2n) is 6.01. The zero-order chi connectivity index (χ0) is 20.1. The standard InChI is InChI=1S/C21H17ClN2O3S/c1-13-2-9-17(18(25)12-13)23-21(28)24-20(26)11-8-16-7-10-19(27-16)14-3-5-15(22)6-4-14/h2-12,25H,1H3,(H2,23,24,26,28). The Hall–Kier alpha value is -3.09. The number of amides is 1. The van der Waals surface area contributed by atoms with E-state index in [1.165, 1.54) is 6.08 Å². The van der Waals surface area contributed by atoms with Crippen LogP contribution in [0, 0.1) is 6.92 Å². The number of aromatic hydroxyl groups is 1. The molecule has 7 heteroatoms. The average molecular weight is 413 g/mol. The highest BCUT2D eigenvalue weighted by molar-refractivity contribution is 7.80. The van der Waals surface area contributed by atoms with Crippen LogP contribution in [0.15, 0.2) is 65.1 Å². The van der Waals surface area contributed by atoms with Gasteiger partial charge in [-0.2, -0.15) is 0 Å². The number of carbonyl (C=O) groups is 1. The minimum Gasteiger partial charge on any atom is -0.506 e. The number of hydrogen-bond donors (Lipinski definition) is 3. The monoisotopic (exact) mass is 412 g/mol. The zero-order valence-corrected chi connectivity index (χ0v) is 16.5. The minimum absolute atomic E-state index is 0.0532. The van der Waals surface area contributed by atoms with Crippen molar-refractivity contribution in [3.63, 3.8) is 0 Å². The van der Waals surface area contributed by atoms with Crippen molar-refractivity contribution in [2.75, 3.05) is 5.32 Å². The molecule has 0 spiro atoms. The van der Waals surface area contributed by atoms with Gasteiger partial charge in [-0.1, -0.05) is 17.7 Å². The van der Waals surface area contributed by atoms with E-state index in [9.17, 15) is 9.90 Å². The van der Waals surface area contributed by atoms with Crippen LogP contribution in [-0.2, 0) is 4.79 Å². The number of carbonyl (C=O) groups excluding carboxylic acids is 1. The Morgan fingerprint density at radius 3 is 2.61 bits per heavy atom. The van der Waals surface area contributed by atoms with Gasteiger partial charge in [0.2, 0.25) is 5.91 Å². The van der Waals surface area contributed by atoms with Gasteiger partial charge < -0.3 is 14.8 Å². The van der Waals surface area contributed by atoms with Gasteiger partial charge in [-0.15, -0.1) is 0 Å². The fourth-order valence-electron chi connectivity index (χ4n) is 2.42. The Bertz CT molecular complexity index is 1040. The molecule has 3 aromatic rings. The first-order valence-electron chi connectivity index (χ1n) is 8.36. The molecular weight excluding hydrogens is 396 g/mol. The Kier molecular flexibility index (Phi) is 6.13. The van der Waals surface area contributed by atoms with Crippen LogP contribution in [0.4, 0.5) is 5.69 Å². The summed E-state index contributed by atoms with van der Waals surface area (Å²) in [7, 11) is 0. The average Bonchev–Trinajstić information content (AvgIpc) is 3.12. The molecule has 0 aliphatic rings. The summed E-state index contributed by atoms with van der Waals surface area (Å²) in [4.78, 5) is 12.0. The molecule has 142 valence electrons. The molecule has 0 aliphatic heterocycles. The summed E-state index contributed by atoms with van der Waals surface area (Å²) in [5.74, 6) is 0.824. The van der Waals surface area contributed by atoms with Gasteiger partial charge in [0.1, 0.15) is 17.3 Å². The highest BCUT2D eigenvalue weighted by atomic mass is 35.5. The maximum Gasteiger partial charge on any atom is 0.250 e. The van der Waals surface area contributed by atoms with Gasteiger partial charge in [0, 0.05) is 16.7 Å². The molecule has 0 unspecified atom stereocenters.